The molecule has 1 aromatic rings. The zero-order valence-corrected chi connectivity index (χ0v) is 10.8. The summed E-state index contributed by atoms with van der Waals surface area (Å²) in [5.74, 6) is 1.08. The summed E-state index contributed by atoms with van der Waals surface area (Å²) < 4.78 is 10.8. The SMILES string of the molecule is COc1cccc(OCCN(C)C)c1C(C)=O. The van der Waals surface area contributed by atoms with Gasteiger partial charge in [0, 0.05) is 6.54 Å². The van der Waals surface area contributed by atoms with Crippen molar-refractivity contribution >= 4 is 5.78 Å². The molecule has 1 aromatic carbocycles. The van der Waals surface area contributed by atoms with Crippen LogP contribution < -0.4 is 9.47 Å². The van der Waals surface area contributed by atoms with Gasteiger partial charge in [0.05, 0.1) is 7.11 Å². The van der Waals surface area contributed by atoms with Gasteiger partial charge in [-0.2, -0.15) is 0 Å². The van der Waals surface area contributed by atoms with Gasteiger partial charge in [-0.1, -0.05) is 6.07 Å². The molecule has 0 amide bonds. The van der Waals surface area contributed by atoms with Crippen LogP contribution in [0.15, 0.2) is 18.2 Å². The first kappa shape index (κ1) is 13.5. The molecule has 0 aliphatic carbocycles. The largest absolute Gasteiger partial charge is 0.496 e. The highest BCUT2D eigenvalue weighted by atomic mass is 16.5. The Morgan fingerprint density at radius 3 is 2.47 bits per heavy atom. The minimum Gasteiger partial charge on any atom is -0.496 e. The first-order valence-electron chi connectivity index (χ1n) is 5.51. The van der Waals surface area contributed by atoms with E-state index in [4.69, 9.17) is 9.47 Å². The topological polar surface area (TPSA) is 38.8 Å². The first-order chi connectivity index (χ1) is 8.06. The second-order valence-electron chi connectivity index (χ2n) is 4.04. The van der Waals surface area contributed by atoms with E-state index in [1.54, 1.807) is 19.2 Å². The van der Waals surface area contributed by atoms with Crippen molar-refractivity contribution in [3.05, 3.63) is 23.8 Å². The lowest BCUT2D eigenvalue weighted by Gasteiger charge is -2.14. The summed E-state index contributed by atoms with van der Waals surface area (Å²) in [5.41, 5.74) is 0.508. The van der Waals surface area contributed by atoms with E-state index < -0.39 is 0 Å². The number of rotatable bonds is 6. The smallest absolute Gasteiger partial charge is 0.167 e. The van der Waals surface area contributed by atoms with Crippen LogP contribution in [-0.4, -0.2) is 45.0 Å². The minimum atomic E-state index is -0.0534. The molecule has 0 aliphatic rings. The number of carbonyl (C=O) groups excluding carboxylic acids is 1. The first-order valence-corrected chi connectivity index (χ1v) is 5.51. The summed E-state index contributed by atoms with van der Waals surface area (Å²) in [7, 11) is 5.49. The summed E-state index contributed by atoms with van der Waals surface area (Å²) in [4.78, 5) is 13.6. The predicted molar refractivity (Wildman–Crippen MR) is 67.0 cm³/mol. The number of hydrogen-bond donors (Lipinski definition) is 0. The second kappa shape index (κ2) is 6.25. The molecule has 0 N–H and O–H groups in total. The van der Waals surface area contributed by atoms with E-state index in [1.807, 2.05) is 25.1 Å². The number of nitrogens with zero attached hydrogens (tertiary/aromatic N) is 1. The van der Waals surface area contributed by atoms with Crippen molar-refractivity contribution < 1.29 is 14.3 Å². The van der Waals surface area contributed by atoms with Crippen molar-refractivity contribution in [2.45, 2.75) is 6.92 Å². The fraction of sp³-hybridized carbons (Fsp3) is 0.462. The van der Waals surface area contributed by atoms with Crippen LogP contribution in [0.3, 0.4) is 0 Å². The average molecular weight is 237 g/mol. The molecule has 0 saturated heterocycles. The van der Waals surface area contributed by atoms with E-state index >= 15 is 0 Å². The van der Waals surface area contributed by atoms with Gasteiger partial charge in [-0.25, -0.2) is 0 Å². The summed E-state index contributed by atoms with van der Waals surface area (Å²) in [6.07, 6.45) is 0. The van der Waals surface area contributed by atoms with Gasteiger partial charge >= 0.3 is 0 Å². The molecular formula is C13H19NO3. The number of benzene rings is 1. The lowest BCUT2D eigenvalue weighted by Crippen LogP contribution is -2.20. The van der Waals surface area contributed by atoms with Crippen LogP contribution in [0.4, 0.5) is 0 Å². The van der Waals surface area contributed by atoms with Crippen molar-refractivity contribution in [2.75, 3.05) is 34.4 Å². The van der Waals surface area contributed by atoms with Crippen LogP contribution in [0.1, 0.15) is 17.3 Å². The fourth-order valence-electron chi connectivity index (χ4n) is 1.49. The van der Waals surface area contributed by atoms with Gasteiger partial charge < -0.3 is 14.4 Å². The van der Waals surface area contributed by atoms with Crippen LogP contribution in [0.25, 0.3) is 0 Å². The molecule has 0 unspecified atom stereocenters. The maximum absolute atomic E-state index is 11.6. The molecule has 0 spiro atoms. The molecule has 0 saturated carbocycles. The Bertz CT molecular complexity index is 388. The molecular weight excluding hydrogens is 218 g/mol. The standard InChI is InChI=1S/C13H19NO3/c1-10(15)13-11(16-4)6-5-7-12(13)17-9-8-14(2)3/h5-7H,8-9H2,1-4H3. The van der Waals surface area contributed by atoms with E-state index in [0.717, 1.165) is 6.54 Å². The average Bonchev–Trinajstić information content (AvgIpc) is 2.27. The lowest BCUT2D eigenvalue weighted by molar-refractivity contribution is 0.101. The molecule has 4 heteroatoms. The third-order valence-corrected chi connectivity index (χ3v) is 2.36. The highest BCUT2D eigenvalue weighted by Crippen LogP contribution is 2.28. The van der Waals surface area contributed by atoms with Crippen molar-refractivity contribution in [2.24, 2.45) is 0 Å². The van der Waals surface area contributed by atoms with Crippen LogP contribution in [-0.2, 0) is 0 Å². The van der Waals surface area contributed by atoms with Crippen molar-refractivity contribution in [3.8, 4) is 11.5 Å². The maximum atomic E-state index is 11.6. The molecule has 0 heterocycles. The zero-order valence-electron chi connectivity index (χ0n) is 10.8. The predicted octanol–water partition coefficient (Wildman–Crippen LogP) is 1.84. The highest BCUT2D eigenvalue weighted by Gasteiger charge is 2.14. The fourth-order valence-corrected chi connectivity index (χ4v) is 1.49. The van der Waals surface area contributed by atoms with E-state index in [1.165, 1.54) is 6.92 Å². The van der Waals surface area contributed by atoms with Crippen molar-refractivity contribution in [1.29, 1.82) is 0 Å². The Balaban J connectivity index is 2.87. The summed E-state index contributed by atoms with van der Waals surface area (Å²) in [6, 6.07) is 5.36. The minimum absolute atomic E-state index is 0.0534. The van der Waals surface area contributed by atoms with E-state index in [0.29, 0.717) is 23.7 Å². The molecule has 94 valence electrons. The Morgan fingerprint density at radius 1 is 1.29 bits per heavy atom. The van der Waals surface area contributed by atoms with Gasteiger partial charge in [-0.3, -0.25) is 4.79 Å². The molecule has 0 atom stereocenters. The Hall–Kier alpha value is -1.55. The molecule has 17 heavy (non-hydrogen) atoms. The second-order valence-corrected chi connectivity index (χ2v) is 4.04. The van der Waals surface area contributed by atoms with E-state index in [9.17, 15) is 4.79 Å². The third-order valence-electron chi connectivity index (χ3n) is 2.36. The molecule has 4 nitrogen and oxygen atoms in total. The van der Waals surface area contributed by atoms with Gasteiger partial charge in [-0.15, -0.1) is 0 Å². The van der Waals surface area contributed by atoms with Crippen molar-refractivity contribution in [3.63, 3.8) is 0 Å². The van der Waals surface area contributed by atoms with E-state index in [2.05, 4.69) is 0 Å². The Morgan fingerprint density at radius 2 is 1.94 bits per heavy atom. The molecule has 0 bridgehead atoms. The number of likely N-dealkylation sites (N-methyl/N-ethyl adjacent to an activating group) is 1. The summed E-state index contributed by atoms with van der Waals surface area (Å²) >= 11 is 0. The summed E-state index contributed by atoms with van der Waals surface area (Å²) in [5, 5.41) is 0. The maximum Gasteiger partial charge on any atom is 0.167 e. The normalized spacial score (nSPS) is 10.4. The van der Waals surface area contributed by atoms with Gasteiger partial charge in [0.15, 0.2) is 5.78 Å². The number of hydrogen-bond acceptors (Lipinski definition) is 4. The van der Waals surface area contributed by atoms with Gasteiger partial charge in [0.1, 0.15) is 23.7 Å². The monoisotopic (exact) mass is 237 g/mol. The Kier molecular flexibility index (Phi) is 4.97. The number of carbonyl (C=O) groups is 1. The van der Waals surface area contributed by atoms with Crippen LogP contribution >= 0.6 is 0 Å². The molecule has 0 fully saturated rings. The summed E-state index contributed by atoms with van der Waals surface area (Å²) in [6.45, 7) is 2.85. The Labute approximate surface area is 102 Å². The third kappa shape index (κ3) is 3.75. The molecule has 0 aliphatic heterocycles. The van der Waals surface area contributed by atoms with Gasteiger partial charge in [-0.05, 0) is 33.2 Å². The van der Waals surface area contributed by atoms with E-state index in [-0.39, 0.29) is 5.78 Å². The quantitative estimate of drug-likeness (QED) is 0.708. The van der Waals surface area contributed by atoms with Crippen LogP contribution in [0.2, 0.25) is 0 Å². The molecule has 0 radical (unpaired) electrons. The van der Waals surface area contributed by atoms with Gasteiger partial charge in [0.25, 0.3) is 0 Å². The van der Waals surface area contributed by atoms with Crippen LogP contribution in [0.5, 0.6) is 11.5 Å². The molecule has 1 rings (SSSR count). The van der Waals surface area contributed by atoms with Crippen molar-refractivity contribution in [1.82, 2.24) is 4.90 Å². The lowest BCUT2D eigenvalue weighted by atomic mass is 10.1. The highest BCUT2D eigenvalue weighted by molar-refractivity contribution is 5.99. The zero-order chi connectivity index (χ0) is 12.8. The van der Waals surface area contributed by atoms with Gasteiger partial charge in [0.2, 0.25) is 0 Å². The number of ketones is 1. The molecule has 0 aromatic heterocycles. The number of ether oxygens (including phenoxy) is 2. The number of methoxy groups -OCH3 is 1. The number of Topliss-reactive ketones (excluding diaryl/α,β-unsaturated/α-hetero) is 1. The van der Waals surface area contributed by atoms with Crippen LogP contribution in [0, 0.1) is 0 Å².